The second-order valence-corrected chi connectivity index (χ2v) is 8.48. The number of carbonyl (C=O) groups is 2. The van der Waals surface area contributed by atoms with E-state index < -0.39 is 34.2 Å². The molecule has 0 saturated heterocycles. The molecule has 1 N–H and O–H groups in total. The molecule has 0 saturated carbocycles. The SMILES string of the molecule is O=C(COC(=O)c1ccc(NS(=O)(=O)c2cccs2)cc1)c1ccc(F)cc1. The molecule has 0 spiro atoms. The third kappa shape index (κ3) is 4.81. The molecule has 3 aromatic rings. The fourth-order valence-electron chi connectivity index (χ4n) is 2.23. The number of Topliss-reactive ketones (excluding diaryl/α,β-unsaturated/α-hetero) is 1. The maximum absolute atomic E-state index is 12.9. The minimum Gasteiger partial charge on any atom is -0.454 e. The standard InChI is InChI=1S/C19H14FNO5S2/c20-15-7-3-13(4-8-15)17(22)12-26-19(23)14-5-9-16(10-6-14)21-28(24,25)18-2-1-11-27-18/h1-11,21H,12H2. The van der Waals surface area contributed by atoms with Crippen molar-refractivity contribution in [3.8, 4) is 0 Å². The summed E-state index contributed by atoms with van der Waals surface area (Å²) in [6.45, 7) is -0.489. The molecule has 0 amide bonds. The fraction of sp³-hybridized carbons (Fsp3) is 0.0526. The number of hydrogen-bond donors (Lipinski definition) is 1. The second kappa shape index (κ2) is 8.32. The van der Waals surface area contributed by atoms with Crippen LogP contribution in [0.3, 0.4) is 0 Å². The summed E-state index contributed by atoms with van der Waals surface area (Å²) in [4.78, 5) is 24.0. The highest BCUT2D eigenvalue weighted by atomic mass is 32.2. The normalized spacial score (nSPS) is 11.0. The van der Waals surface area contributed by atoms with Crippen LogP contribution >= 0.6 is 11.3 Å². The highest BCUT2D eigenvalue weighted by molar-refractivity contribution is 7.94. The second-order valence-electron chi connectivity index (χ2n) is 5.62. The van der Waals surface area contributed by atoms with Gasteiger partial charge in [-0.15, -0.1) is 11.3 Å². The van der Waals surface area contributed by atoms with Gasteiger partial charge >= 0.3 is 5.97 Å². The molecular weight excluding hydrogens is 405 g/mol. The van der Waals surface area contributed by atoms with Gasteiger partial charge in [-0.1, -0.05) is 6.07 Å². The van der Waals surface area contributed by atoms with Crippen molar-refractivity contribution in [2.75, 3.05) is 11.3 Å². The van der Waals surface area contributed by atoms with Crippen LogP contribution in [0.2, 0.25) is 0 Å². The first-order valence-corrected chi connectivity index (χ1v) is 10.3. The fourth-order valence-corrected chi connectivity index (χ4v) is 4.28. The Balaban J connectivity index is 1.59. The zero-order chi connectivity index (χ0) is 20.1. The topological polar surface area (TPSA) is 89.5 Å². The van der Waals surface area contributed by atoms with Crippen LogP contribution in [0.5, 0.6) is 0 Å². The molecule has 0 radical (unpaired) electrons. The van der Waals surface area contributed by atoms with Gasteiger partial charge in [-0.25, -0.2) is 17.6 Å². The first-order chi connectivity index (χ1) is 13.3. The monoisotopic (exact) mass is 419 g/mol. The first-order valence-electron chi connectivity index (χ1n) is 7.97. The van der Waals surface area contributed by atoms with E-state index in [9.17, 15) is 22.4 Å². The van der Waals surface area contributed by atoms with E-state index >= 15 is 0 Å². The van der Waals surface area contributed by atoms with E-state index in [1.165, 1.54) is 42.5 Å². The lowest BCUT2D eigenvalue weighted by atomic mass is 10.1. The quantitative estimate of drug-likeness (QED) is 0.466. The van der Waals surface area contributed by atoms with Crippen molar-refractivity contribution in [3.05, 3.63) is 83.0 Å². The summed E-state index contributed by atoms with van der Waals surface area (Å²) < 4.78 is 44.7. The van der Waals surface area contributed by atoms with Gasteiger partial charge in [0.2, 0.25) is 0 Å². The average Bonchev–Trinajstić information content (AvgIpc) is 3.22. The molecule has 0 aliphatic heterocycles. The highest BCUT2D eigenvalue weighted by Crippen LogP contribution is 2.20. The smallest absolute Gasteiger partial charge is 0.338 e. The van der Waals surface area contributed by atoms with Crippen LogP contribution in [0, 0.1) is 5.82 Å². The van der Waals surface area contributed by atoms with Crippen molar-refractivity contribution < 1.29 is 27.1 Å². The zero-order valence-corrected chi connectivity index (χ0v) is 15.9. The molecule has 3 rings (SSSR count). The molecule has 0 aliphatic rings. The molecule has 0 unspecified atom stereocenters. The Morgan fingerprint density at radius 3 is 2.21 bits per heavy atom. The number of carbonyl (C=O) groups excluding carboxylic acids is 2. The van der Waals surface area contributed by atoms with Crippen LogP contribution in [0.25, 0.3) is 0 Å². The van der Waals surface area contributed by atoms with Gasteiger partial charge in [0.05, 0.1) is 5.56 Å². The van der Waals surface area contributed by atoms with Crippen LogP contribution in [-0.2, 0) is 14.8 Å². The average molecular weight is 419 g/mol. The summed E-state index contributed by atoms with van der Waals surface area (Å²) in [5.41, 5.74) is 0.672. The molecule has 0 aliphatic carbocycles. The van der Waals surface area contributed by atoms with Gasteiger partial charge in [-0.3, -0.25) is 9.52 Å². The summed E-state index contributed by atoms with van der Waals surface area (Å²) in [5.74, 6) is -1.67. The van der Waals surface area contributed by atoms with Gasteiger partial charge in [-0.2, -0.15) is 0 Å². The minimum atomic E-state index is -3.68. The lowest BCUT2D eigenvalue weighted by Crippen LogP contribution is -2.14. The van der Waals surface area contributed by atoms with E-state index in [0.717, 1.165) is 23.5 Å². The summed E-state index contributed by atoms with van der Waals surface area (Å²) in [5, 5.41) is 1.65. The molecule has 1 heterocycles. The molecule has 1 aromatic heterocycles. The minimum absolute atomic E-state index is 0.158. The van der Waals surface area contributed by atoms with Gasteiger partial charge < -0.3 is 4.74 Å². The Morgan fingerprint density at radius 2 is 1.61 bits per heavy atom. The van der Waals surface area contributed by atoms with Crippen LogP contribution in [0.1, 0.15) is 20.7 Å². The lowest BCUT2D eigenvalue weighted by molar-refractivity contribution is 0.0475. The number of anilines is 1. The van der Waals surface area contributed by atoms with Crippen LogP contribution in [-0.4, -0.2) is 26.8 Å². The Bertz CT molecular complexity index is 1080. The van der Waals surface area contributed by atoms with E-state index in [4.69, 9.17) is 4.74 Å². The number of ether oxygens (including phenoxy) is 1. The summed E-state index contributed by atoms with van der Waals surface area (Å²) in [6, 6.07) is 13.6. The molecule has 0 fully saturated rings. The third-order valence-electron chi connectivity index (χ3n) is 3.63. The van der Waals surface area contributed by atoms with Crippen molar-refractivity contribution in [2.24, 2.45) is 0 Å². The molecule has 28 heavy (non-hydrogen) atoms. The van der Waals surface area contributed by atoms with Crippen LogP contribution in [0.15, 0.2) is 70.3 Å². The molecule has 0 atom stereocenters. The van der Waals surface area contributed by atoms with Crippen LogP contribution in [0.4, 0.5) is 10.1 Å². The molecule has 6 nitrogen and oxygen atoms in total. The highest BCUT2D eigenvalue weighted by Gasteiger charge is 2.16. The summed E-state index contributed by atoms with van der Waals surface area (Å²) in [7, 11) is -3.68. The van der Waals surface area contributed by atoms with E-state index in [1.54, 1.807) is 11.4 Å². The van der Waals surface area contributed by atoms with Crippen molar-refractivity contribution >= 4 is 38.8 Å². The van der Waals surface area contributed by atoms with Crippen LogP contribution < -0.4 is 4.72 Å². The number of hydrogen-bond acceptors (Lipinski definition) is 6. The maximum atomic E-state index is 12.9. The molecule has 9 heteroatoms. The zero-order valence-electron chi connectivity index (χ0n) is 14.3. The largest absolute Gasteiger partial charge is 0.454 e. The maximum Gasteiger partial charge on any atom is 0.338 e. The van der Waals surface area contributed by atoms with Crippen molar-refractivity contribution in [1.82, 2.24) is 0 Å². The Morgan fingerprint density at radius 1 is 0.964 bits per heavy atom. The van der Waals surface area contributed by atoms with Gasteiger partial charge in [-0.05, 0) is 60.0 Å². The van der Waals surface area contributed by atoms with Crippen molar-refractivity contribution in [1.29, 1.82) is 0 Å². The van der Waals surface area contributed by atoms with Gasteiger partial charge in [0, 0.05) is 11.3 Å². The Labute approximate surface area is 164 Å². The predicted octanol–water partition coefficient (Wildman–Crippen LogP) is 3.73. The van der Waals surface area contributed by atoms with E-state index in [2.05, 4.69) is 4.72 Å². The van der Waals surface area contributed by atoms with E-state index in [1.807, 2.05) is 0 Å². The van der Waals surface area contributed by atoms with E-state index in [0.29, 0.717) is 0 Å². The number of halogens is 1. The number of sulfonamides is 1. The summed E-state index contributed by atoms with van der Waals surface area (Å²) >= 11 is 1.09. The molecule has 144 valence electrons. The molecule has 0 bridgehead atoms. The van der Waals surface area contributed by atoms with Gasteiger partial charge in [0.25, 0.3) is 10.0 Å². The number of ketones is 1. The van der Waals surface area contributed by atoms with Gasteiger partial charge in [0.1, 0.15) is 10.0 Å². The number of thiophene rings is 1. The lowest BCUT2D eigenvalue weighted by Gasteiger charge is -2.08. The first kappa shape index (κ1) is 19.7. The van der Waals surface area contributed by atoms with Gasteiger partial charge in [0.15, 0.2) is 12.4 Å². The van der Waals surface area contributed by atoms with Crippen molar-refractivity contribution in [3.63, 3.8) is 0 Å². The number of nitrogens with one attached hydrogen (secondary N) is 1. The Hall–Kier alpha value is -3.04. The number of benzene rings is 2. The molecular formula is C19H14FNO5S2. The number of rotatable bonds is 7. The number of esters is 1. The third-order valence-corrected chi connectivity index (χ3v) is 6.41. The molecule has 2 aromatic carbocycles. The predicted molar refractivity (Wildman–Crippen MR) is 103 cm³/mol. The van der Waals surface area contributed by atoms with E-state index in [-0.39, 0.29) is 21.0 Å². The van der Waals surface area contributed by atoms with Crippen molar-refractivity contribution in [2.45, 2.75) is 4.21 Å². The summed E-state index contributed by atoms with van der Waals surface area (Å²) in [6.07, 6.45) is 0. The Kier molecular flexibility index (Phi) is 5.86.